The molecule has 0 spiro atoms. The standard InChI is InChI=1S/C25H26N6O6/c1-35-19-4-7-22(32)16(10-19)13-26-29-25(30-27-14-17-11-20(36-2)5-8-23(17)33)31-28-15-18-12-21(37-3)6-9-24(18)34/h4-15,32-34H,1-3H3,(H2,29,30,31)/b26-13-,27-14+,28-15+. The van der Waals surface area contributed by atoms with Crippen LogP contribution in [0.1, 0.15) is 16.7 Å². The molecule has 0 aliphatic carbocycles. The van der Waals surface area contributed by atoms with E-state index in [2.05, 4.69) is 31.3 Å². The molecule has 3 aromatic rings. The summed E-state index contributed by atoms with van der Waals surface area (Å²) in [4.78, 5) is 0. The van der Waals surface area contributed by atoms with E-state index < -0.39 is 0 Å². The molecule has 3 rings (SSSR count). The molecule has 0 aromatic heterocycles. The van der Waals surface area contributed by atoms with Gasteiger partial charge in [0.15, 0.2) is 0 Å². The highest BCUT2D eigenvalue weighted by atomic mass is 16.5. The molecule has 0 radical (unpaired) electrons. The van der Waals surface area contributed by atoms with Gasteiger partial charge in [-0.25, -0.2) is 10.9 Å². The van der Waals surface area contributed by atoms with E-state index in [4.69, 9.17) is 14.2 Å². The Hall–Kier alpha value is -5.26. The topological polar surface area (TPSA) is 162 Å². The number of phenolic OH excluding ortho intramolecular Hbond substituents is 3. The molecular weight excluding hydrogens is 480 g/mol. The third-order valence-electron chi connectivity index (χ3n) is 4.81. The number of ether oxygens (including phenoxy) is 3. The third-order valence-corrected chi connectivity index (χ3v) is 4.81. The predicted octanol–water partition coefficient (Wildman–Crippen LogP) is 2.77. The predicted molar refractivity (Wildman–Crippen MR) is 140 cm³/mol. The number of hydrogen-bond acceptors (Lipinski definition) is 10. The Bertz CT molecular complexity index is 1270. The first kappa shape index (κ1) is 26.3. The SMILES string of the molecule is COc1ccc(O)c(/C=N\NC(=N/N=C/c2cc(OC)ccc2O)N/N=C/c2cc(OC)ccc2O)c1. The van der Waals surface area contributed by atoms with Gasteiger partial charge in [-0.15, -0.1) is 5.10 Å². The summed E-state index contributed by atoms with van der Waals surface area (Å²) in [5.74, 6) is 1.57. The van der Waals surface area contributed by atoms with Crippen LogP contribution in [0.2, 0.25) is 0 Å². The number of nitrogens with zero attached hydrogens (tertiary/aromatic N) is 4. The van der Waals surface area contributed by atoms with Crippen LogP contribution < -0.4 is 25.1 Å². The van der Waals surface area contributed by atoms with E-state index in [0.29, 0.717) is 33.9 Å². The van der Waals surface area contributed by atoms with E-state index in [1.807, 2.05) is 0 Å². The highest BCUT2D eigenvalue weighted by molar-refractivity contribution is 5.89. The van der Waals surface area contributed by atoms with Crippen LogP contribution in [0.25, 0.3) is 0 Å². The lowest BCUT2D eigenvalue weighted by molar-refractivity contribution is 0.412. The maximum atomic E-state index is 10.0. The fourth-order valence-corrected chi connectivity index (χ4v) is 2.83. The Balaban J connectivity index is 1.82. The monoisotopic (exact) mass is 506 g/mol. The van der Waals surface area contributed by atoms with E-state index in [-0.39, 0.29) is 23.2 Å². The van der Waals surface area contributed by atoms with Gasteiger partial charge in [0.1, 0.15) is 34.5 Å². The van der Waals surface area contributed by atoms with Crippen molar-refractivity contribution < 1.29 is 29.5 Å². The van der Waals surface area contributed by atoms with Crippen LogP contribution >= 0.6 is 0 Å². The molecule has 5 N–H and O–H groups in total. The van der Waals surface area contributed by atoms with E-state index in [1.54, 1.807) is 36.4 Å². The minimum atomic E-state index is -0.0177. The molecule has 0 atom stereocenters. The second-order valence-electron chi connectivity index (χ2n) is 7.21. The Morgan fingerprint density at radius 2 is 1.00 bits per heavy atom. The molecule has 0 saturated carbocycles. The normalized spacial score (nSPS) is 11.8. The first-order valence-electron chi connectivity index (χ1n) is 10.7. The maximum absolute atomic E-state index is 10.0. The van der Waals surface area contributed by atoms with Gasteiger partial charge in [-0.05, 0) is 54.6 Å². The molecule has 0 saturated heterocycles. The average molecular weight is 507 g/mol. The lowest BCUT2D eigenvalue weighted by Gasteiger charge is -2.05. The summed E-state index contributed by atoms with van der Waals surface area (Å²) in [7, 11) is 4.53. The van der Waals surface area contributed by atoms with Crippen molar-refractivity contribution in [2.75, 3.05) is 21.3 Å². The minimum absolute atomic E-state index is 0.00385. The van der Waals surface area contributed by atoms with E-state index in [1.165, 1.54) is 58.2 Å². The summed E-state index contributed by atoms with van der Waals surface area (Å²) < 4.78 is 15.5. The number of methoxy groups -OCH3 is 3. The number of nitrogens with one attached hydrogen (secondary N) is 2. The van der Waals surface area contributed by atoms with Gasteiger partial charge in [0.25, 0.3) is 5.96 Å². The van der Waals surface area contributed by atoms with Crippen molar-refractivity contribution in [3.8, 4) is 34.5 Å². The Morgan fingerprint density at radius 1 is 0.622 bits per heavy atom. The number of hydrazone groups is 2. The van der Waals surface area contributed by atoms with Crippen LogP contribution in [-0.4, -0.2) is 61.3 Å². The van der Waals surface area contributed by atoms with Gasteiger partial charge in [0, 0.05) is 16.7 Å². The minimum Gasteiger partial charge on any atom is -0.507 e. The number of hydrogen-bond donors (Lipinski definition) is 5. The zero-order valence-electron chi connectivity index (χ0n) is 20.3. The molecule has 0 heterocycles. The van der Waals surface area contributed by atoms with Crippen LogP contribution in [0.15, 0.2) is 75.0 Å². The molecule has 0 bridgehead atoms. The molecular formula is C25H26N6O6. The number of guanidine groups is 1. The van der Waals surface area contributed by atoms with Crippen molar-refractivity contribution in [3.05, 3.63) is 71.3 Å². The molecule has 12 nitrogen and oxygen atoms in total. The van der Waals surface area contributed by atoms with Crippen LogP contribution in [0, 0.1) is 0 Å². The lowest BCUT2D eigenvalue weighted by atomic mass is 10.2. The first-order chi connectivity index (χ1) is 17.9. The van der Waals surface area contributed by atoms with Gasteiger partial charge in [-0.3, -0.25) is 0 Å². The van der Waals surface area contributed by atoms with E-state index >= 15 is 0 Å². The molecule has 0 aliphatic heterocycles. The number of phenols is 3. The highest BCUT2D eigenvalue weighted by Gasteiger charge is 2.04. The summed E-state index contributed by atoms with van der Waals surface area (Å²) in [6, 6.07) is 14.0. The quantitative estimate of drug-likeness (QED) is 0.168. The second-order valence-corrected chi connectivity index (χ2v) is 7.21. The van der Waals surface area contributed by atoms with Gasteiger partial charge in [-0.2, -0.15) is 15.3 Å². The van der Waals surface area contributed by atoms with Crippen molar-refractivity contribution in [2.24, 2.45) is 20.4 Å². The Morgan fingerprint density at radius 3 is 1.38 bits per heavy atom. The van der Waals surface area contributed by atoms with Gasteiger partial charge < -0.3 is 29.5 Å². The fraction of sp³-hybridized carbons (Fsp3) is 0.120. The summed E-state index contributed by atoms with van der Waals surface area (Å²) in [5, 5.41) is 46.1. The highest BCUT2D eigenvalue weighted by Crippen LogP contribution is 2.22. The van der Waals surface area contributed by atoms with Crippen LogP contribution in [0.3, 0.4) is 0 Å². The molecule has 37 heavy (non-hydrogen) atoms. The molecule has 192 valence electrons. The Kier molecular flexibility index (Phi) is 9.25. The van der Waals surface area contributed by atoms with Crippen molar-refractivity contribution >= 4 is 24.6 Å². The Labute approximate surface area is 212 Å². The zero-order valence-corrected chi connectivity index (χ0v) is 20.3. The molecule has 0 unspecified atom stereocenters. The van der Waals surface area contributed by atoms with Crippen molar-refractivity contribution in [1.82, 2.24) is 10.9 Å². The van der Waals surface area contributed by atoms with Crippen molar-refractivity contribution in [1.29, 1.82) is 0 Å². The summed E-state index contributed by atoms with van der Waals surface area (Å²) in [6.07, 6.45) is 4.02. The van der Waals surface area contributed by atoms with Gasteiger partial charge in [0.2, 0.25) is 0 Å². The first-order valence-corrected chi connectivity index (χ1v) is 10.7. The fourth-order valence-electron chi connectivity index (χ4n) is 2.83. The zero-order chi connectivity index (χ0) is 26.6. The molecule has 0 amide bonds. The van der Waals surface area contributed by atoms with Gasteiger partial charge in [-0.1, -0.05) is 0 Å². The summed E-state index contributed by atoms with van der Waals surface area (Å²) in [6.45, 7) is 0. The van der Waals surface area contributed by atoms with Crippen molar-refractivity contribution in [3.63, 3.8) is 0 Å². The summed E-state index contributed by atoms with van der Waals surface area (Å²) in [5.41, 5.74) is 6.42. The van der Waals surface area contributed by atoms with Crippen LogP contribution in [0.4, 0.5) is 0 Å². The third kappa shape index (κ3) is 7.62. The number of rotatable bonds is 9. The van der Waals surface area contributed by atoms with Crippen LogP contribution in [0.5, 0.6) is 34.5 Å². The van der Waals surface area contributed by atoms with Crippen LogP contribution in [-0.2, 0) is 0 Å². The molecule has 3 aromatic carbocycles. The smallest absolute Gasteiger partial charge is 0.257 e. The maximum Gasteiger partial charge on any atom is 0.257 e. The summed E-state index contributed by atoms with van der Waals surface area (Å²) >= 11 is 0. The molecule has 12 heteroatoms. The largest absolute Gasteiger partial charge is 0.507 e. The second kappa shape index (κ2) is 13.0. The molecule has 0 fully saturated rings. The van der Waals surface area contributed by atoms with E-state index in [0.717, 1.165) is 0 Å². The van der Waals surface area contributed by atoms with Gasteiger partial charge >= 0.3 is 0 Å². The van der Waals surface area contributed by atoms with Gasteiger partial charge in [0.05, 0.1) is 40.0 Å². The number of benzene rings is 3. The average Bonchev–Trinajstić information content (AvgIpc) is 2.91. The molecule has 0 aliphatic rings. The van der Waals surface area contributed by atoms with Crippen molar-refractivity contribution in [2.45, 2.75) is 0 Å². The number of aromatic hydroxyl groups is 3. The lowest BCUT2D eigenvalue weighted by Crippen LogP contribution is -2.30. The van der Waals surface area contributed by atoms with E-state index in [9.17, 15) is 15.3 Å².